The summed E-state index contributed by atoms with van der Waals surface area (Å²) in [5.41, 5.74) is 0. The van der Waals surface area contributed by atoms with E-state index in [0.29, 0.717) is 13.1 Å². The number of amides is 2. The Bertz CT molecular complexity index is 467. The first-order valence-electron chi connectivity index (χ1n) is 7.56. The van der Waals surface area contributed by atoms with Crippen molar-refractivity contribution in [3.05, 3.63) is 24.3 Å². The zero-order chi connectivity index (χ0) is 18.5. The van der Waals surface area contributed by atoms with Crippen LogP contribution in [0.15, 0.2) is 24.3 Å². The van der Waals surface area contributed by atoms with Crippen LogP contribution in [-0.2, 0) is 19.2 Å². The molecule has 0 rings (SSSR count). The number of carboxylic acid groups (broad SMARTS) is 2. The summed E-state index contributed by atoms with van der Waals surface area (Å²) < 4.78 is 0. The van der Waals surface area contributed by atoms with Gasteiger partial charge in [-0.05, 0) is 12.8 Å². The highest BCUT2D eigenvalue weighted by molar-refractivity contribution is 5.94. The number of rotatable bonds is 11. The second-order valence-electron chi connectivity index (χ2n) is 5.28. The molecule has 24 heavy (non-hydrogen) atoms. The second kappa shape index (κ2) is 11.9. The van der Waals surface area contributed by atoms with Gasteiger partial charge in [-0.15, -0.1) is 0 Å². The lowest BCUT2D eigenvalue weighted by molar-refractivity contribution is -0.132. The molecule has 0 aliphatic heterocycles. The van der Waals surface area contributed by atoms with Crippen molar-refractivity contribution >= 4 is 23.8 Å². The fraction of sp³-hybridized carbons (Fsp3) is 0.500. The zero-order valence-corrected chi connectivity index (χ0v) is 14.0. The molecule has 0 bridgehead atoms. The van der Waals surface area contributed by atoms with Gasteiger partial charge < -0.3 is 20.0 Å². The van der Waals surface area contributed by atoms with Gasteiger partial charge in [0.15, 0.2) is 0 Å². The maximum Gasteiger partial charge on any atom is 0.328 e. The smallest absolute Gasteiger partial charge is 0.328 e. The van der Waals surface area contributed by atoms with Crippen LogP contribution >= 0.6 is 0 Å². The quantitative estimate of drug-likeness (QED) is 0.423. The molecular weight excluding hydrogens is 316 g/mol. The molecule has 0 fully saturated rings. The Morgan fingerprint density at radius 3 is 1.29 bits per heavy atom. The van der Waals surface area contributed by atoms with Gasteiger partial charge in [0.1, 0.15) is 0 Å². The molecular formula is C16H24N2O6. The fourth-order valence-electron chi connectivity index (χ4n) is 1.81. The molecule has 0 unspecified atom stereocenters. The van der Waals surface area contributed by atoms with E-state index in [0.717, 1.165) is 50.0 Å². The van der Waals surface area contributed by atoms with Crippen LogP contribution in [0.4, 0.5) is 0 Å². The lowest BCUT2D eigenvalue weighted by Gasteiger charge is -2.16. The number of carbonyl (C=O) groups excluding carboxylic acids is 2. The van der Waals surface area contributed by atoms with Gasteiger partial charge in [0.25, 0.3) is 0 Å². The average molecular weight is 340 g/mol. The Hall–Kier alpha value is -2.64. The second-order valence-corrected chi connectivity index (χ2v) is 5.28. The minimum Gasteiger partial charge on any atom is -0.478 e. The normalized spacial score (nSPS) is 10.9. The van der Waals surface area contributed by atoms with Crippen molar-refractivity contribution in [3.63, 3.8) is 0 Å². The Kier molecular flexibility index (Phi) is 10.6. The molecule has 0 aliphatic carbocycles. The van der Waals surface area contributed by atoms with E-state index in [9.17, 15) is 19.2 Å². The topological polar surface area (TPSA) is 115 Å². The number of hydrogen-bond donors (Lipinski definition) is 2. The summed E-state index contributed by atoms with van der Waals surface area (Å²) in [7, 11) is 3.21. The summed E-state index contributed by atoms with van der Waals surface area (Å²) in [5, 5.41) is 16.9. The van der Waals surface area contributed by atoms with Gasteiger partial charge in [-0.2, -0.15) is 0 Å². The first-order chi connectivity index (χ1) is 11.2. The van der Waals surface area contributed by atoms with Crippen LogP contribution in [0, 0.1) is 0 Å². The molecule has 2 amide bonds. The molecule has 0 spiro atoms. The van der Waals surface area contributed by atoms with Crippen molar-refractivity contribution in [2.24, 2.45) is 0 Å². The Balaban J connectivity index is 3.83. The molecule has 8 nitrogen and oxygen atoms in total. The zero-order valence-electron chi connectivity index (χ0n) is 14.0. The molecule has 0 aromatic carbocycles. The van der Waals surface area contributed by atoms with Gasteiger partial charge in [0, 0.05) is 51.5 Å². The molecule has 2 N–H and O–H groups in total. The summed E-state index contributed by atoms with van der Waals surface area (Å²) in [6.07, 6.45) is 6.95. The third-order valence-electron chi connectivity index (χ3n) is 3.23. The summed E-state index contributed by atoms with van der Waals surface area (Å²) in [6.45, 7) is 1.05. The van der Waals surface area contributed by atoms with E-state index in [4.69, 9.17) is 10.2 Å². The Morgan fingerprint density at radius 1 is 0.667 bits per heavy atom. The minimum atomic E-state index is -1.16. The standard InChI is InChI=1S/C16H24N2O6/c1-17(13(19)7-9-15(21)22)11-5-3-4-6-12-18(2)14(20)8-10-16(23)24/h7-10H,3-6,11-12H2,1-2H3,(H,21,22)(H,23,24). The van der Waals surface area contributed by atoms with Crippen LogP contribution in [0.5, 0.6) is 0 Å². The molecule has 0 heterocycles. The van der Waals surface area contributed by atoms with Crippen molar-refractivity contribution in [3.8, 4) is 0 Å². The van der Waals surface area contributed by atoms with E-state index in [2.05, 4.69) is 0 Å². The molecule has 0 radical (unpaired) electrons. The van der Waals surface area contributed by atoms with Crippen LogP contribution in [0.25, 0.3) is 0 Å². The predicted molar refractivity (Wildman–Crippen MR) is 87.3 cm³/mol. The van der Waals surface area contributed by atoms with E-state index in [-0.39, 0.29) is 11.8 Å². The SMILES string of the molecule is CN(CCCCCCN(C)C(=O)C=CC(=O)O)C(=O)C=CC(=O)O. The number of unbranched alkanes of at least 4 members (excludes halogenated alkanes) is 3. The van der Waals surface area contributed by atoms with Crippen molar-refractivity contribution in [1.82, 2.24) is 9.80 Å². The van der Waals surface area contributed by atoms with Gasteiger partial charge in [-0.1, -0.05) is 12.8 Å². The van der Waals surface area contributed by atoms with Crippen LogP contribution in [0.1, 0.15) is 25.7 Å². The number of carbonyl (C=O) groups is 4. The third kappa shape index (κ3) is 11.0. The number of likely N-dealkylation sites (N-methyl/N-ethyl adjacent to an activating group) is 2. The van der Waals surface area contributed by atoms with E-state index in [1.165, 1.54) is 9.80 Å². The fourth-order valence-corrected chi connectivity index (χ4v) is 1.81. The van der Waals surface area contributed by atoms with Gasteiger partial charge in [0.05, 0.1) is 0 Å². The van der Waals surface area contributed by atoms with Gasteiger partial charge >= 0.3 is 11.9 Å². The molecule has 134 valence electrons. The van der Waals surface area contributed by atoms with E-state index >= 15 is 0 Å². The highest BCUT2D eigenvalue weighted by Gasteiger charge is 2.06. The monoisotopic (exact) mass is 340 g/mol. The van der Waals surface area contributed by atoms with Crippen LogP contribution in [-0.4, -0.2) is 71.0 Å². The minimum absolute atomic E-state index is 0.354. The molecule has 0 aliphatic rings. The van der Waals surface area contributed by atoms with Crippen LogP contribution in [0.3, 0.4) is 0 Å². The number of carboxylic acids is 2. The van der Waals surface area contributed by atoms with Crippen molar-refractivity contribution in [1.29, 1.82) is 0 Å². The predicted octanol–water partition coefficient (Wildman–Crippen LogP) is 0.745. The average Bonchev–Trinajstić information content (AvgIpc) is 2.52. The molecule has 0 atom stereocenters. The first-order valence-corrected chi connectivity index (χ1v) is 7.56. The maximum absolute atomic E-state index is 11.5. The number of nitrogens with zero attached hydrogens (tertiary/aromatic N) is 2. The molecule has 0 aromatic rings. The molecule has 0 saturated heterocycles. The number of hydrogen-bond acceptors (Lipinski definition) is 4. The third-order valence-corrected chi connectivity index (χ3v) is 3.23. The van der Waals surface area contributed by atoms with Crippen LogP contribution < -0.4 is 0 Å². The molecule has 0 aromatic heterocycles. The molecule has 8 heteroatoms. The van der Waals surface area contributed by atoms with Gasteiger partial charge in [-0.3, -0.25) is 9.59 Å². The van der Waals surface area contributed by atoms with Gasteiger partial charge in [-0.25, -0.2) is 9.59 Å². The van der Waals surface area contributed by atoms with Crippen LogP contribution in [0.2, 0.25) is 0 Å². The summed E-state index contributed by atoms with van der Waals surface area (Å²) in [4.78, 5) is 46.6. The van der Waals surface area contributed by atoms with Gasteiger partial charge in [0.2, 0.25) is 11.8 Å². The van der Waals surface area contributed by atoms with Crippen molar-refractivity contribution in [2.45, 2.75) is 25.7 Å². The summed E-state index contributed by atoms with van der Waals surface area (Å²) in [5.74, 6) is -3.02. The van der Waals surface area contributed by atoms with Crippen molar-refractivity contribution in [2.75, 3.05) is 27.2 Å². The largest absolute Gasteiger partial charge is 0.478 e. The van der Waals surface area contributed by atoms with E-state index in [1.807, 2.05) is 0 Å². The Labute approximate surface area is 141 Å². The first kappa shape index (κ1) is 21.4. The van der Waals surface area contributed by atoms with Crippen molar-refractivity contribution < 1.29 is 29.4 Å². The lowest BCUT2D eigenvalue weighted by Crippen LogP contribution is -2.26. The lowest BCUT2D eigenvalue weighted by atomic mass is 10.2. The highest BCUT2D eigenvalue weighted by Crippen LogP contribution is 2.03. The Morgan fingerprint density at radius 2 is 1.00 bits per heavy atom. The maximum atomic E-state index is 11.5. The molecule has 0 saturated carbocycles. The highest BCUT2D eigenvalue weighted by atomic mass is 16.4. The summed E-state index contributed by atoms with van der Waals surface area (Å²) in [6, 6.07) is 0. The summed E-state index contributed by atoms with van der Waals surface area (Å²) >= 11 is 0. The van der Waals surface area contributed by atoms with E-state index in [1.54, 1.807) is 14.1 Å². The van der Waals surface area contributed by atoms with E-state index < -0.39 is 11.9 Å². The number of aliphatic carboxylic acids is 2.